The highest BCUT2D eigenvalue weighted by Gasteiger charge is 1.89. The quantitative estimate of drug-likeness (QED) is 0.321. The van der Waals surface area contributed by atoms with Crippen LogP contribution in [0.25, 0.3) is 0 Å². The molecular weight excluding hydrogens is 238 g/mol. The van der Waals surface area contributed by atoms with Crippen LogP contribution in [-0.2, 0) is 9.59 Å². The maximum atomic E-state index is 9.55. The number of guanidine groups is 1. The lowest BCUT2D eigenvalue weighted by molar-refractivity contribution is -0.134. The van der Waals surface area contributed by atoms with Gasteiger partial charge in [0.15, 0.2) is 5.96 Å². The first-order valence-corrected chi connectivity index (χ1v) is 5.63. The van der Waals surface area contributed by atoms with E-state index >= 15 is 0 Å². The van der Waals surface area contributed by atoms with Crippen molar-refractivity contribution in [2.24, 2.45) is 4.99 Å². The lowest BCUT2D eigenvalue weighted by Gasteiger charge is -2.07. The van der Waals surface area contributed by atoms with E-state index in [1.165, 1.54) is 0 Å². The normalized spacial score (nSPS) is 9.06. The number of nitrogens with zero attached hydrogens (tertiary/aromatic N) is 1. The van der Waals surface area contributed by atoms with Gasteiger partial charge in [-0.05, 0) is 20.8 Å². The molecule has 0 atom stereocenters. The molecule has 0 heterocycles. The summed E-state index contributed by atoms with van der Waals surface area (Å²) in [5, 5.41) is 21.9. The molecule has 0 radical (unpaired) electrons. The third-order valence-corrected chi connectivity index (χ3v) is 1.37. The van der Waals surface area contributed by atoms with Crippen molar-refractivity contribution in [1.29, 1.82) is 0 Å². The summed E-state index contributed by atoms with van der Waals surface area (Å²) in [5.41, 5.74) is 0. The molecule has 0 saturated carbocycles. The first kappa shape index (κ1) is 18.3. The van der Waals surface area contributed by atoms with Gasteiger partial charge in [-0.2, -0.15) is 0 Å². The Morgan fingerprint density at radius 1 is 1.00 bits per heavy atom. The average molecular weight is 259 g/mol. The number of aliphatic imine (C=N–C) groups is 1. The van der Waals surface area contributed by atoms with Crippen LogP contribution in [0.5, 0.6) is 0 Å². The molecule has 0 amide bonds. The second kappa shape index (κ2) is 13.0. The van der Waals surface area contributed by atoms with E-state index in [1.54, 1.807) is 0 Å². The van der Waals surface area contributed by atoms with Crippen LogP contribution in [0.2, 0.25) is 0 Å². The molecule has 0 fully saturated rings. The van der Waals surface area contributed by atoms with Crippen LogP contribution in [0.15, 0.2) is 17.1 Å². The standard InChI is InChI=1S/C7H17N3.C4H4O4/c1-4-8-7(9-5-2)10-6-3;5-3(6)1-2-4(7)8/h4-6H2,1-3H3,(H2,8,9,10);1-2H,(H,5,6)(H,7,8)/b;2-1-. The minimum atomic E-state index is -1.26. The Morgan fingerprint density at radius 2 is 1.39 bits per heavy atom. The van der Waals surface area contributed by atoms with Gasteiger partial charge in [-0.15, -0.1) is 0 Å². The largest absolute Gasteiger partial charge is 0.478 e. The van der Waals surface area contributed by atoms with Gasteiger partial charge >= 0.3 is 11.9 Å². The Morgan fingerprint density at radius 3 is 1.61 bits per heavy atom. The van der Waals surface area contributed by atoms with Crippen LogP contribution in [0.4, 0.5) is 0 Å². The van der Waals surface area contributed by atoms with Gasteiger partial charge in [0, 0.05) is 31.8 Å². The van der Waals surface area contributed by atoms with Crippen LogP contribution < -0.4 is 10.6 Å². The number of hydrogen-bond acceptors (Lipinski definition) is 3. The van der Waals surface area contributed by atoms with Crippen molar-refractivity contribution in [3.63, 3.8) is 0 Å². The zero-order valence-electron chi connectivity index (χ0n) is 10.9. The van der Waals surface area contributed by atoms with Crippen LogP contribution in [0.3, 0.4) is 0 Å². The van der Waals surface area contributed by atoms with Crippen LogP contribution in [0.1, 0.15) is 20.8 Å². The van der Waals surface area contributed by atoms with Crippen molar-refractivity contribution in [3.05, 3.63) is 12.2 Å². The van der Waals surface area contributed by atoms with Crippen molar-refractivity contribution in [2.75, 3.05) is 19.6 Å². The number of carboxylic acids is 2. The van der Waals surface area contributed by atoms with Crippen molar-refractivity contribution in [2.45, 2.75) is 20.8 Å². The maximum absolute atomic E-state index is 9.55. The van der Waals surface area contributed by atoms with E-state index < -0.39 is 11.9 Å². The summed E-state index contributed by atoms with van der Waals surface area (Å²) in [5.74, 6) is -1.60. The van der Waals surface area contributed by atoms with Gasteiger partial charge in [0.2, 0.25) is 0 Å². The molecule has 0 spiro atoms. The molecule has 0 aliphatic carbocycles. The Labute approximate surface area is 107 Å². The molecule has 0 saturated heterocycles. The van der Waals surface area contributed by atoms with Crippen molar-refractivity contribution in [1.82, 2.24) is 10.6 Å². The van der Waals surface area contributed by atoms with Gasteiger partial charge < -0.3 is 20.8 Å². The lowest BCUT2D eigenvalue weighted by atomic mass is 10.5. The average Bonchev–Trinajstić information content (AvgIpc) is 2.28. The fourth-order valence-corrected chi connectivity index (χ4v) is 0.810. The molecule has 0 bridgehead atoms. The highest BCUT2D eigenvalue weighted by atomic mass is 16.4. The summed E-state index contributed by atoms with van der Waals surface area (Å²) in [7, 11) is 0. The summed E-state index contributed by atoms with van der Waals surface area (Å²) in [6.45, 7) is 8.81. The number of hydrogen-bond donors (Lipinski definition) is 4. The highest BCUT2D eigenvalue weighted by molar-refractivity contribution is 5.89. The summed E-state index contributed by atoms with van der Waals surface area (Å²) < 4.78 is 0. The zero-order valence-corrected chi connectivity index (χ0v) is 10.9. The van der Waals surface area contributed by atoms with Gasteiger partial charge in [0.25, 0.3) is 0 Å². The number of carboxylic acid groups (broad SMARTS) is 2. The Kier molecular flexibility index (Phi) is 13.2. The van der Waals surface area contributed by atoms with E-state index in [0.29, 0.717) is 12.2 Å². The monoisotopic (exact) mass is 259 g/mol. The SMILES string of the molecule is CCN=C(NCC)NCC.O=C(O)/C=C\C(=O)O. The predicted octanol–water partition coefficient (Wildman–Crippen LogP) is 0.293. The minimum Gasteiger partial charge on any atom is -0.478 e. The van der Waals surface area contributed by atoms with E-state index in [1.807, 2.05) is 6.92 Å². The molecule has 7 heteroatoms. The van der Waals surface area contributed by atoms with E-state index in [0.717, 1.165) is 25.6 Å². The fourth-order valence-electron chi connectivity index (χ4n) is 0.810. The first-order chi connectivity index (χ1) is 8.47. The topological polar surface area (TPSA) is 111 Å². The smallest absolute Gasteiger partial charge is 0.328 e. The summed E-state index contributed by atoms with van der Waals surface area (Å²) in [6.07, 6.45) is 1.12. The Bertz CT molecular complexity index is 277. The molecule has 0 unspecified atom stereocenters. The molecule has 0 aromatic rings. The molecule has 4 N–H and O–H groups in total. The minimum absolute atomic E-state index is 0.558. The zero-order chi connectivity index (χ0) is 14.4. The lowest BCUT2D eigenvalue weighted by Crippen LogP contribution is -2.36. The molecule has 0 aromatic carbocycles. The number of nitrogens with one attached hydrogen (secondary N) is 2. The highest BCUT2D eigenvalue weighted by Crippen LogP contribution is 1.71. The Balaban J connectivity index is 0. The van der Waals surface area contributed by atoms with Crippen LogP contribution in [0, 0.1) is 0 Å². The molecule has 104 valence electrons. The predicted molar refractivity (Wildman–Crippen MR) is 69.7 cm³/mol. The van der Waals surface area contributed by atoms with Gasteiger partial charge in [-0.25, -0.2) is 9.59 Å². The van der Waals surface area contributed by atoms with Crippen molar-refractivity contribution >= 4 is 17.9 Å². The van der Waals surface area contributed by atoms with Crippen molar-refractivity contribution in [3.8, 4) is 0 Å². The number of rotatable bonds is 5. The second-order valence-corrected chi connectivity index (χ2v) is 2.89. The summed E-state index contributed by atoms with van der Waals surface area (Å²) in [4.78, 5) is 23.3. The fraction of sp³-hybridized carbons (Fsp3) is 0.545. The number of aliphatic carboxylic acids is 2. The molecule has 0 aromatic heterocycles. The second-order valence-electron chi connectivity index (χ2n) is 2.89. The van der Waals surface area contributed by atoms with Gasteiger partial charge in [-0.1, -0.05) is 0 Å². The molecule has 7 nitrogen and oxygen atoms in total. The van der Waals surface area contributed by atoms with Gasteiger partial charge in [-0.3, -0.25) is 4.99 Å². The molecule has 0 rings (SSSR count). The van der Waals surface area contributed by atoms with Gasteiger partial charge in [0.05, 0.1) is 0 Å². The maximum Gasteiger partial charge on any atom is 0.328 e. The number of carbonyl (C=O) groups is 2. The first-order valence-electron chi connectivity index (χ1n) is 5.63. The van der Waals surface area contributed by atoms with E-state index in [-0.39, 0.29) is 0 Å². The molecular formula is C11H21N3O4. The van der Waals surface area contributed by atoms with E-state index in [9.17, 15) is 9.59 Å². The Hall–Kier alpha value is -2.05. The molecule has 18 heavy (non-hydrogen) atoms. The molecule has 0 aliphatic heterocycles. The van der Waals surface area contributed by atoms with Crippen molar-refractivity contribution < 1.29 is 19.8 Å². The van der Waals surface area contributed by atoms with Crippen LogP contribution >= 0.6 is 0 Å². The summed E-state index contributed by atoms with van der Waals surface area (Å²) >= 11 is 0. The molecule has 0 aliphatic rings. The van der Waals surface area contributed by atoms with E-state index in [2.05, 4.69) is 29.5 Å². The van der Waals surface area contributed by atoms with E-state index in [4.69, 9.17) is 10.2 Å². The summed E-state index contributed by atoms with van der Waals surface area (Å²) in [6, 6.07) is 0. The third kappa shape index (κ3) is 16.4. The van der Waals surface area contributed by atoms with Crippen LogP contribution in [-0.4, -0.2) is 47.7 Å². The third-order valence-electron chi connectivity index (χ3n) is 1.37. The van der Waals surface area contributed by atoms with Gasteiger partial charge in [0.1, 0.15) is 0 Å².